The maximum Gasteiger partial charge on any atom is 0.320 e. The molecule has 0 N–H and O–H groups in total. The zero-order valence-electron chi connectivity index (χ0n) is 28.3. The van der Waals surface area contributed by atoms with Gasteiger partial charge in [0.25, 0.3) is 0 Å². The summed E-state index contributed by atoms with van der Waals surface area (Å²) in [5.41, 5.74) is 7.20. The van der Waals surface area contributed by atoms with E-state index in [0.29, 0.717) is 0 Å². The van der Waals surface area contributed by atoms with E-state index in [-0.39, 0.29) is 39.5 Å². The second-order valence-corrected chi connectivity index (χ2v) is 11.8. The standard InChI is InChI=1S/C36H57NO6/c1-28(2)13-10-16-31(7)19-22-41-34(38)25-37(26-35(39)42-23-20-32(8)17-11-14-29(3)4)27-36(40)43-24-21-33(9)18-12-15-30(5)6/h13-15,19-21H,10-12,16-18,22-27H2,1-9H3. The van der Waals surface area contributed by atoms with Crippen molar-refractivity contribution in [2.75, 3.05) is 39.5 Å². The molecule has 0 aliphatic rings. The Labute approximate surface area is 261 Å². The molecule has 0 aromatic rings. The first-order chi connectivity index (χ1) is 20.3. The fourth-order valence-corrected chi connectivity index (χ4v) is 3.75. The van der Waals surface area contributed by atoms with E-state index in [1.165, 1.54) is 21.6 Å². The predicted molar refractivity (Wildman–Crippen MR) is 177 cm³/mol. The molecule has 43 heavy (non-hydrogen) atoms. The molecule has 0 heterocycles. The molecule has 0 aliphatic carbocycles. The zero-order chi connectivity index (χ0) is 32.6. The van der Waals surface area contributed by atoms with Crippen LogP contribution in [0.15, 0.2) is 69.9 Å². The minimum absolute atomic E-state index is 0.135. The second kappa shape index (κ2) is 24.3. The molecule has 0 radical (unpaired) electrons. The minimum atomic E-state index is -0.529. The highest BCUT2D eigenvalue weighted by Crippen LogP contribution is 2.09. The summed E-state index contributed by atoms with van der Waals surface area (Å²) in [6.45, 7) is 18.1. The molecule has 0 saturated carbocycles. The summed E-state index contributed by atoms with van der Waals surface area (Å²) < 4.78 is 16.1. The van der Waals surface area contributed by atoms with E-state index < -0.39 is 17.9 Å². The normalized spacial score (nSPS) is 12.0. The summed E-state index contributed by atoms with van der Waals surface area (Å²) in [6, 6.07) is 0. The highest BCUT2D eigenvalue weighted by Gasteiger charge is 2.20. The number of allylic oxidation sites excluding steroid dienone is 9. The third-order valence-electron chi connectivity index (χ3n) is 6.36. The van der Waals surface area contributed by atoms with Crippen molar-refractivity contribution >= 4 is 17.9 Å². The highest BCUT2D eigenvalue weighted by molar-refractivity contribution is 5.78. The van der Waals surface area contributed by atoms with Crippen LogP contribution in [0.2, 0.25) is 0 Å². The van der Waals surface area contributed by atoms with E-state index >= 15 is 0 Å². The summed E-state index contributed by atoms with van der Waals surface area (Å²) in [7, 11) is 0. The molecule has 0 atom stereocenters. The van der Waals surface area contributed by atoms with Gasteiger partial charge >= 0.3 is 17.9 Å². The van der Waals surface area contributed by atoms with E-state index in [9.17, 15) is 14.4 Å². The van der Waals surface area contributed by atoms with Crippen LogP contribution in [0, 0.1) is 0 Å². The van der Waals surface area contributed by atoms with Crippen molar-refractivity contribution in [2.45, 2.75) is 101 Å². The van der Waals surface area contributed by atoms with Crippen LogP contribution >= 0.6 is 0 Å². The van der Waals surface area contributed by atoms with Crippen LogP contribution in [-0.4, -0.2) is 62.3 Å². The number of nitrogens with zero attached hydrogens (tertiary/aromatic N) is 1. The highest BCUT2D eigenvalue weighted by atomic mass is 16.5. The topological polar surface area (TPSA) is 82.1 Å². The number of rotatable bonds is 21. The van der Waals surface area contributed by atoms with Crippen molar-refractivity contribution in [3.05, 3.63) is 69.9 Å². The smallest absolute Gasteiger partial charge is 0.320 e. The predicted octanol–water partition coefficient (Wildman–Crippen LogP) is 8.00. The van der Waals surface area contributed by atoms with Gasteiger partial charge in [-0.25, -0.2) is 0 Å². The van der Waals surface area contributed by atoms with Gasteiger partial charge in [0.2, 0.25) is 0 Å². The Kier molecular flexibility index (Phi) is 22.5. The Morgan fingerprint density at radius 1 is 0.442 bits per heavy atom. The third kappa shape index (κ3) is 26.2. The van der Waals surface area contributed by atoms with Crippen LogP contribution in [-0.2, 0) is 28.6 Å². The van der Waals surface area contributed by atoms with Crippen molar-refractivity contribution in [3.63, 3.8) is 0 Å². The average molecular weight is 600 g/mol. The lowest BCUT2D eigenvalue weighted by atomic mass is 10.1. The van der Waals surface area contributed by atoms with Crippen molar-refractivity contribution in [2.24, 2.45) is 0 Å². The Bertz CT molecular complexity index is 912. The number of esters is 3. The molecule has 242 valence electrons. The van der Waals surface area contributed by atoms with Crippen molar-refractivity contribution in [3.8, 4) is 0 Å². The molecule has 0 spiro atoms. The number of hydrogen-bond donors (Lipinski definition) is 0. The molecule has 0 amide bonds. The van der Waals surface area contributed by atoms with E-state index in [2.05, 4.69) is 59.8 Å². The maximum absolute atomic E-state index is 12.6. The summed E-state index contributed by atoms with van der Waals surface area (Å²) in [6.07, 6.45) is 17.6. The van der Waals surface area contributed by atoms with Gasteiger partial charge in [0.05, 0.1) is 19.6 Å². The lowest BCUT2D eigenvalue weighted by Crippen LogP contribution is -2.40. The average Bonchev–Trinajstić information content (AvgIpc) is 2.87. The van der Waals surface area contributed by atoms with E-state index in [1.807, 2.05) is 39.0 Å². The molecular formula is C36H57NO6. The van der Waals surface area contributed by atoms with Gasteiger partial charge < -0.3 is 14.2 Å². The number of hydrogen-bond acceptors (Lipinski definition) is 7. The van der Waals surface area contributed by atoms with Gasteiger partial charge in [-0.3, -0.25) is 19.3 Å². The van der Waals surface area contributed by atoms with Crippen molar-refractivity contribution in [1.82, 2.24) is 4.90 Å². The SMILES string of the molecule is CC(C)=CCCC(C)=CCOC(=O)CN(CC(=O)OCC=C(C)CCC=C(C)C)CC(=O)OCC=C(C)CCC=C(C)C. The molecule has 0 saturated heterocycles. The van der Waals surface area contributed by atoms with Gasteiger partial charge in [-0.1, -0.05) is 51.7 Å². The van der Waals surface area contributed by atoms with Crippen LogP contribution in [0.5, 0.6) is 0 Å². The number of ether oxygens (including phenoxy) is 3. The molecule has 0 unspecified atom stereocenters. The van der Waals surface area contributed by atoms with Crippen molar-refractivity contribution < 1.29 is 28.6 Å². The Balaban J connectivity index is 5.06. The van der Waals surface area contributed by atoms with Gasteiger partial charge in [-0.2, -0.15) is 0 Å². The summed E-state index contributed by atoms with van der Waals surface area (Å²) in [5.74, 6) is -1.59. The Morgan fingerprint density at radius 2 is 0.698 bits per heavy atom. The Morgan fingerprint density at radius 3 is 0.930 bits per heavy atom. The lowest BCUT2D eigenvalue weighted by molar-refractivity contribution is -0.150. The molecule has 7 nitrogen and oxygen atoms in total. The molecule has 0 bridgehead atoms. The fourth-order valence-electron chi connectivity index (χ4n) is 3.75. The van der Waals surface area contributed by atoms with E-state index in [0.717, 1.165) is 55.2 Å². The van der Waals surface area contributed by atoms with Gasteiger partial charge in [0, 0.05) is 0 Å². The molecule has 0 aromatic carbocycles. The molecule has 7 heteroatoms. The summed E-state index contributed by atoms with van der Waals surface area (Å²) in [4.78, 5) is 39.1. The van der Waals surface area contributed by atoms with Gasteiger partial charge in [0.15, 0.2) is 0 Å². The van der Waals surface area contributed by atoms with Crippen LogP contribution in [0.1, 0.15) is 101 Å². The maximum atomic E-state index is 12.6. The monoisotopic (exact) mass is 599 g/mol. The molecule has 0 rings (SSSR count). The summed E-state index contributed by atoms with van der Waals surface area (Å²) in [5, 5.41) is 0. The van der Waals surface area contributed by atoms with Crippen molar-refractivity contribution in [1.29, 1.82) is 0 Å². The van der Waals surface area contributed by atoms with Crippen LogP contribution in [0.4, 0.5) is 0 Å². The summed E-state index contributed by atoms with van der Waals surface area (Å²) >= 11 is 0. The largest absolute Gasteiger partial charge is 0.460 e. The van der Waals surface area contributed by atoms with Crippen LogP contribution < -0.4 is 0 Å². The van der Waals surface area contributed by atoms with Gasteiger partial charge in [-0.05, 0) is 119 Å². The third-order valence-corrected chi connectivity index (χ3v) is 6.36. The van der Waals surface area contributed by atoms with E-state index in [1.54, 1.807) is 0 Å². The molecule has 0 aliphatic heterocycles. The minimum Gasteiger partial charge on any atom is -0.460 e. The fraction of sp³-hybridized carbons (Fsp3) is 0.583. The quantitative estimate of drug-likeness (QED) is 0.0751. The van der Waals surface area contributed by atoms with Crippen LogP contribution in [0.25, 0.3) is 0 Å². The second-order valence-electron chi connectivity index (χ2n) is 11.8. The van der Waals surface area contributed by atoms with Crippen LogP contribution in [0.3, 0.4) is 0 Å². The first kappa shape index (κ1) is 39.8. The van der Waals surface area contributed by atoms with Gasteiger partial charge in [-0.15, -0.1) is 0 Å². The number of carbonyl (C=O) groups is 3. The molecular weight excluding hydrogens is 542 g/mol. The first-order valence-electron chi connectivity index (χ1n) is 15.3. The lowest BCUT2D eigenvalue weighted by Gasteiger charge is -2.19. The van der Waals surface area contributed by atoms with E-state index in [4.69, 9.17) is 14.2 Å². The first-order valence-corrected chi connectivity index (χ1v) is 15.3. The van der Waals surface area contributed by atoms with Gasteiger partial charge in [0.1, 0.15) is 19.8 Å². The Hall–Kier alpha value is -3.19. The molecule has 0 aromatic heterocycles. The molecule has 0 fully saturated rings. The zero-order valence-corrected chi connectivity index (χ0v) is 28.3. The number of carbonyl (C=O) groups excluding carboxylic acids is 3.